The molecule has 0 radical (unpaired) electrons. The van der Waals surface area contributed by atoms with Gasteiger partial charge in [-0.05, 0) is 58.2 Å². The molecule has 0 saturated carbocycles. The third kappa shape index (κ3) is 20.2. The van der Waals surface area contributed by atoms with Crippen LogP contribution in [0.1, 0.15) is 110 Å². The molecular formula is C29H60O4Si2. The molecule has 0 saturated heterocycles. The maximum Gasteiger partial charge on any atom is 0.316 e. The Labute approximate surface area is 221 Å². The van der Waals surface area contributed by atoms with Crippen molar-refractivity contribution < 1.29 is 18.4 Å². The van der Waals surface area contributed by atoms with E-state index in [1.165, 1.54) is 71.3 Å². The molecular weight excluding hydrogens is 468 g/mol. The van der Waals surface area contributed by atoms with E-state index in [0.717, 1.165) is 37.9 Å². The fourth-order valence-corrected chi connectivity index (χ4v) is 6.35. The Balaban J connectivity index is 5.38. The molecule has 0 aromatic carbocycles. The summed E-state index contributed by atoms with van der Waals surface area (Å²) < 4.78 is 18.4. The number of carbonyl (C=O) groups is 1. The van der Waals surface area contributed by atoms with Gasteiger partial charge in [-0.1, -0.05) is 97.3 Å². The van der Waals surface area contributed by atoms with Gasteiger partial charge < -0.3 is 13.6 Å². The Hall–Kier alpha value is -0.596. The first-order chi connectivity index (χ1) is 16.4. The van der Waals surface area contributed by atoms with Crippen LogP contribution < -0.4 is 0 Å². The SMILES string of the molecule is CCCCCCCCCCC[C@H](/C=C(\O[Si](C)(C)C)C(CCCCCC)C(=O)OC)O[Si](C)(C)C. The smallest absolute Gasteiger partial charge is 0.316 e. The normalized spacial score (nSPS) is 14.6. The lowest BCUT2D eigenvalue weighted by Gasteiger charge is -2.30. The Kier molecular flexibility index (Phi) is 19.2. The Morgan fingerprint density at radius 3 is 1.60 bits per heavy atom. The molecule has 0 heterocycles. The van der Waals surface area contributed by atoms with Gasteiger partial charge in [0.15, 0.2) is 8.32 Å². The standard InChI is InChI=1S/C29H60O4Si2/c1-10-12-14-16-17-18-19-20-21-23-26(32-34(4,5)6)25-28(33-35(7,8)9)27(29(30)31-3)24-22-15-13-11-2/h25-27H,10-24H2,1-9H3/b28-25-/t26-,27?/m1/s1. The van der Waals surface area contributed by atoms with Gasteiger partial charge in [0.2, 0.25) is 8.32 Å². The second-order valence-electron chi connectivity index (χ2n) is 12.1. The van der Waals surface area contributed by atoms with Crippen molar-refractivity contribution in [3.05, 3.63) is 11.8 Å². The van der Waals surface area contributed by atoms with Crippen molar-refractivity contribution in [2.24, 2.45) is 5.92 Å². The molecule has 35 heavy (non-hydrogen) atoms. The summed E-state index contributed by atoms with van der Waals surface area (Å²) in [6.07, 6.45) is 20.3. The van der Waals surface area contributed by atoms with Crippen LogP contribution in [0.5, 0.6) is 0 Å². The first-order valence-electron chi connectivity index (χ1n) is 14.6. The van der Waals surface area contributed by atoms with Gasteiger partial charge in [-0.2, -0.15) is 0 Å². The maximum atomic E-state index is 12.8. The number of rotatable bonds is 22. The molecule has 0 aliphatic rings. The highest BCUT2D eigenvalue weighted by atomic mass is 28.4. The third-order valence-corrected chi connectivity index (χ3v) is 7.90. The minimum absolute atomic E-state index is 0.000341. The fraction of sp³-hybridized carbons (Fsp3) is 0.897. The first-order valence-corrected chi connectivity index (χ1v) is 21.4. The van der Waals surface area contributed by atoms with E-state index in [9.17, 15) is 4.79 Å². The highest BCUT2D eigenvalue weighted by molar-refractivity contribution is 6.70. The summed E-state index contributed by atoms with van der Waals surface area (Å²) in [5.41, 5.74) is 0. The topological polar surface area (TPSA) is 44.8 Å². The van der Waals surface area contributed by atoms with Crippen LogP contribution in [-0.2, 0) is 18.4 Å². The van der Waals surface area contributed by atoms with E-state index in [4.69, 9.17) is 13.6 Å². The monoisotopic (exact) mass is 528 g/mol. The molecule has 208 valence electrons. The van der Waals surface area contributed by atoms with E-state index in [-0.39, 0.29) is 18.0 Å². The number of ether oxygens (including phenoxy) is 1. The van der Waals surface area contributed by atoms with Crippen molar-refractivity contribution in [1.82, 2.24) is 0 Å². The minimum Gasteiger partial charge on any atom is -0.547 e. The van der Waals surface area contributed by atoms with E-state index >= 15 is 0 Å². The summed E-state index contributed by atoms with van der Waals surface area (Å²) in [4.78, 5) is 12.8. The second kappa shape index (κ2) is 19.5. The zero-order chi connectivity index (χ0) is 26.7. The Morgan fingerprint density at radius 2 is 1.14 bits per heavy atom. The van der Waals surface area contributed by atoms with Crippen molar-refractivity contribution in [1.29, 1.82) is 0 Å². The fourth-order valence-electron chi connectivity index (χ4n) is 4.34. The molecule has 0 N–H and O–H groups in total. The predicted octanol–water partition coefficient (Wildman–Crippen LogP) is 9.62. The molecule has 0 rings (SSSR count). The van der Waals surface area contributed by atoms with Crippen LogP contribution in [0.15, 0.2) is 11.8 Å². The number of unbranched alkanes of at least 4 members (excludes halogenated alkanes) is 11. The van der Waals surface area contributed by atoms with Crippen LogP contribution in [0.3, 0.4) is 0 Å². The lowest BCUT2D eigenvalue weighted by atomic mass is 9.97. The van der Waals surface area contributed by atoms with Crippen molar-refractivity contribution in [3.8, 4) is 0 Å². The molecule has 0 aliphatic carbocycles. The van der Waals surface area contributed by atoms with Gasteiger partial charge in [-0.25, -0.2) is 0 Å². The molecule has 4 nitrogen and oxygen atoms in total. The lowest BCUT2D eigenvalue weighted by molar-refractivity contribution is -0.145. The molecule has 0 fully saturated rings. The molecule has 0 aromatic heterocycles. The molecule has 2 atom stereocenters. The molecule has 0 spiro atoms. The third-order valence-electron chi connectivity index (χ3n) is 6.05. The largest absolute Gasteiger partial charge is 0.547 e. The quantitative estimate of drug-likeness (QED) is 0.0607. The molecule has 0 aromatic rings. The summed E-state index contributed by atoms with van der Waals surface area (Å²) >= 11 is 0. The molecule has 6 heteroatoms. The van der Waals surface area contributed by atoms with Gasteiger partial charge in [0.1, 0.15) is 5.92 Å². The van der Waals surface area contributed by atoms with Crippen molar-refractivity contribution >= 4 is 22.6 Å². The summed E-state index contributed by atoms with van der Waals surface area (Å²) in [5, 5.41) is 0. The van der Waals surface area contributed by atoms with E-state index in [1.54, 1.807) is 0 Å². The first kappa shape index (κ1) is 34.4. The van der Waals surface area contributed by atoms with Crippen LogP contribution >= 0.6 is 0 Å². The van der Waals surface area contributed by atoms with E-state index < -0.39 is 16.6 Å². The van der Waals surface area contributed by atoms with Crippen LogP contribution in [0.4, 0.5) is 0 Å². The number of hydrogen-bond donors (Lipinski definition) is 0. The summed E-state index contributed by atoms with van der Waals surface area (Å²) in [5.74, 6) is 0.284. The Morgan fingerprint density at radius 1 is 0.686 bits per heavy atom. The van der Waals surface area contributed by atoms with E-state index in [2.05, 4.69) is 59.2 Å². The average molecular weight is 529 g/mol. The van der Waals surface area contributed by atoms with Crippen LogP contribution in [0.2, 0.25) is 39.3 Å². The number of hydrogen-bond acceptors (Lipinski definition) is 4. The molecule has 0 aliphatic heterocycles. The van der Waals surface area contributed by atoms with Gasteiger partial charge in [0, 0.05) is 0 Å². The van der Waals surface area contributed by atoms with Crippen LogP contribution in [0.25, 0.3) is 0 Å². The lowest BCUT2D eigenvalue weighted by Crippen LogP contribution is -2.34. The summed E-state index contributed by atoms with van der Waals surface area (Å²) in [6.45, 7) is 17.8. The Bertz CT molecular complexity index is 564. The van der Waals surface area contributed by atoms with Crippen LogP contribution in [-0.4, -0.2) is 35.8 Å². The van der Waals surface area contributed by atoms with E-state index in [1.807, 2.05) is 0 Å². The van der Waals surface area contributed by atoms with Crippen molar-refractivity contribution in [2.75, 3.05) is 7.11 Å². The highest BCUT2D eigenvalue weighted by Crippen LogP contribution is 2.28. The highest BCUT2D eigenvalue weighted by Gasteiger charge is 2.31. The van der Waals surface area contributed by atoms with Gasteiger partial charge in [0.25, 0.3) is 0 Å². The zero-order valence-electron chi connectivity index (χ0n) is 25.0. The summed E-state index contributed by atoms with van der Waals surface area (Å²) in [7, 11) is -2.16. The van der Waals surface area contributed by atoms with Gasteiger partial charge in [0.05, 0.1) is 19.0 Å². The molecule has 1 unspecified atom stereocenters. The summed E-state index contributed by atoms with van der Waals surface area (Å²) in [6, 6.07) is 0. The zero-order valence-corrected chi connectivity index (χ0v) is 27.0. The predicted molar refractivity (Wildman–Crippen MR) is 157 cm³/mol. The van der Waals surface area contributed by atoms with E-state index in [0.29, 0.717) is 0 Å². The number of carbonyl (C=O) groups excluding carboxylic acids is 1. The minimum atomic E-state index is -1.90. The van der Waals surface area contributed by atoms with Crippen molar-refractivity contribution in [3.63, 3.8) is 0 Å². The second-order valence-corrected chi connectivity index (χ2v) is 21.0. The van der Waals surface area contributed by atoms with Crippen molar-refractivity contribution in [2.45, 2.75) is 156 Å². The number of methoxy groups -OCH3 is 1. The van der Waals surface area contributed by atoms with Gasteiger partial charge in [-0.3, -0.25) is 4.79 Å². The maximum absolute atomic E-state index is 12.8. The number of esters is 1. The average Bonchev–Trinajstić information content (AvgIpc) is 2.75. The molecule has 0 bridgehead atoms. The molecule has 0 amide bonds. The van der Waals surface area contributed by atoms with Gasteiger partial charge >= 0.3 is 5.97 Å². The van der Waals surface area contributed by atoms with Gasteiger partial charge in [-0.15, -0.1) is 0 Å². The van der Waals surface area contributed by atoms with Crippen LogP contribution in [0, 0.1) is 5.92 Å².